The number of para-hydroxylation sites is 2. The normalized spacial score (nSPS) is 15.4. The van der Waals surface area contributed by atoms with Gasteiger partial charge in [-0.1, -0.05) is 43.9 Å². The SMILES string of the molecule is [CH2-]Cc1ccccc1[C-]1CCC(c2nc3ccccc3n2P)CC1.[Y]. The summed E-state index contributed by atoms with van der Waals surface area (Å²) in [6, 6.07) is 17.1. The Labute approximate surface area is 177 Å². The van der Waals surface area contributed by atoms with E-state index in [9.17, 15) is 0 Å². The molecule has 25 heavy (non-hydrogen) atoms. The fraction of sp³-hybridized carbons (Fsp3) is 0.286. The molecule has 0 aliphatic heterocycles. The van der Waals surface area contributed by atoms with Gasteiger partial charge >= 0.3 is 0 Å². The molecule has 2 aromatic carbocycles. The van der Waals surface area contributed by atoms with Crippen LogP contribution in [-0.2, 0) is 39.1 Å². The standard InChI is InChI=1S/C21H23N2P.Y/c1-2-15-7-3-4-8-18(15)16-11-13-17(14-12-16)21-22-19-9-5-6-10-20(19)23(21)24;/h3-10,17H,1-2,11-14,24H2;/q-2;. The van der Waals surface area contributed by atoms with Crippen molar-refractivity contribution in [3.8, 4) is 0 Å². The van der Waals surface area contributed by atoms with Gasteiger partial charge in [-0.15, -0.1) is 12.1 Å². The van der Waals surface area contributed by atoms with Gasteiger partial charge in [-0.25, -0.2) is 11.4 Å². The van der Waals surface area contributed by atoms with Crippen LogP contribution in [0.5, 0.6) is 0 Å². The smallest absolute Gasteiger partial charge is 0.115 e. The van der Waals surface area contributed by atoms with Gasteiger partial charge in [0.1, 0.15) is 5.82 Å². The summed E-state index contributed by atoms with van der Waals surface area (Å²) >= 11 is 0. The van der Waals surface area contributed by atoms with Crippen LogP contribution in [-0.4, -0.2) is 9.32 Å². The number of aromatic nitrogens is 2. The summed E-state index contributed by atoms with van der Waals surface area (Å²) in [5, 5.41) is 0. The molecule has 1 atom stereocenters. The first-order chi connectivity index (χ1) is 11.8. The van der Waals surface area contributed by atoms with Crippen LogP contribution in [0.3, 0.4) is 0 Å². The molecule has 1 unspecified atom stereocenters. The van der Waals surface area contributed by atoms with Crippen molar-refractivity contribution in [1.29, 1.82) is 0 Å². The molecule has 3 aromatic rings. The van der Waals surface area contributed by atoms with E-state index in [2.05, 4.69) is 69.2 Å². The van der Waals surface area contributed by atoms with Crippen LogP contribution in [0.2, 0.25) is 0 Å². The minimum atomic E-state index is 0. The molecule has 1 aliphatic rings. The fourth-order valence-corrected chi connectivity index (χ4v) is 4.41. The van der Waals surface area contributed by atoms with Crippen molar-refractivity contribution < 1.29 is 32.7 Å². The molecular weight excluding hydrogens is 400 g/mol. The van der Waals surface area contributed by atoms with Gasteiger partial charge in [0, 0.05) is 38.6 Å². The van der Waals surface area contributed by atoms with Crippen LogP contribution in [0.25, 0.3) is 11.0 Å². The van der Waals surface area contributed by atoms with Gasteiger partial charge in [0.2, 0.25) is 0 Å². The molecular formula is C21H23N2PY-2. The van der Waals surface area contributed by atoms with Gasteiger partial charge in [0.25, 0.3) is 0 Å². The number of imidazole rings is 1. The molecule has 1 fully saturated rings. The Morgan fingerprint density at radius 2 is 1.76 bits per heavy atom. The first-order valence-electron chi connectivity index (χ1n) is 8.72. The molecule has 1 heterocycles. The van der Waals surface area contributed by atoms with Crippen LogP contribution >= 0.6 is 9.39 Å². The zero-order valence-electron chi connectivity index (χ0n) is 14.5. The topological polar surface area (TPSA) is 17.8 Å². The molecule has 1 aromatic heterocycles. The zero-order chi connectivity index (χ0) is 16.5. The molecule has 1 radical (unpaired) electrons. The van der Waals surface area contributed by atoms with E-state index in [0.29, 0.717) is 5.92 Å². The average molecular weight is 423 g/mol. The Balaban J connectivity index is 0.00000182. The number of fused-ring (bicyclic) bond motifs is 1. The van der Waals surface area contributed by atoms with E-state index in [4.69, 9.17) is 4.98 Å². The van der Waals surface area contributed by atoms with E-state index in [0.717, 1.165) is 24.8 Å². The summed E-state index contributed by atoms with van der Waals surface area (Å²) in [6.07, 6.45) is 5.55. The zero-order valence-corrected chi connectivity index (χ0v) is 18.5. The summed E-state index contributed by atoms with van der Waals surface area (Å²) < 4.78 is 2.20. The molecule has 127 valence electrons. The molecule has 1 aliphatic carbocycles. The maximum atomic E-state index is 4.89. The van der Waals surface area contributed by atoms with E-state index >= 15 is 0 Å². The third kappa shape index (κ3) is 3.73. The summed E-state index contributed by atoms with van der Waals surface area (Å²) in [5.74, 6) is 3.35. The Bertz CT molecular complexity index is 850. The first-order valence-corrected chi connectivity index (χ1v) is 9.24. The third-order valence-electron chi connectivity index (χ3n) is 5.24. The van der Waals surface area contributed by atoms with Gasteiger partial charge in [-0.3, -0.25) is 0 Å². The van der Waals surface area contributed by atoms with Crippen molar-refractivity contribution in [2.75, 3.05) is 0 Å². The Morgan fingerprint density at radius 3 is 2.48 bits per heavy atom. The van der Waals surface area contributed by atoms with Gasteiger partial charge in [-0.05, 0) is 21.5 Å². The van der Waals surface area contributed by atoms with Crippen LogP contribution in [0, 0.1) is 12.8 Å². The van der Waals surface area contributed by atoms with Gasteiger partial charge in [-0.2, -0.15) is 23.1 Å². The van der Waals surface area contributed by atoms with E-state index in [-0.39, 0.29) is 32.7 Å². The number of nitrogens with zero attached hydrogens (tertiary/aromatic N) is 2. The van der Waals surface area contributed by atoms with E-state index in [1.165, 1.54) is 35.3 Å². The molecule has 4 heteroatoms. The number of benzene rings is 2. The van der Waals surface area contributed by atoms with Crippen LogP contribution in [0.15, 0.2) is 48.5 Å². The largest absolute Gasteiger partial charge is 0.350 e. The molecule has 0 spiro atoms. The molecule has 0 N–H and O–H groups in total. The van der Waals surface area contributed by atoms with Crippen molar-refractivity contribution >= 4 is 20.4 Å². The van der Waals surface area contributed by atoms with Gasteiger partial charge < -0.3 is 11.3 Å². The van der Waals surface area contributed by atoms with E-state index in [1.54, 1.807) is 5.92 Å². The molecule has 1 saturated carbocycles. The second-order valence-electron chi connectivity index (χ2n) is 6.61. The van der Waals surface area contributed by atoms with E-state index < -0.39 is 0 Å². The van der Waals surface area contributed by atoms with Crippen molar-refractivity contribution in [2.45, 2.75) is 38.0 Å². The predicted molar refractivity (Wildman–Crippen MR) is 104 cm³/mol. The minimum absolute atomic E-state index is 0. The average Bonchev–Trinajstić information content (AvgIpc) is 2.99. The third-order valence-corrected chi connectivity index (χ3v) is 5.79. The number of hydrogen-bond donors (Lipinski definition) is 0. The van der Waals surface area contributed by atoms with Gasteiger partial charge in [0.15, 0.2) is 0 Å². The second kappa shape index (κ2) is 8.34. The molecule has 4 rings (SSSR count). The second-order valence-corrected chi connectivity index (χ2v) is 7.13. The Kier molecular flexibility index (Phi) is 6.37. The summed E-state index contributed by atoms with van der Waals surface area (Å²) in [5.41, 5.74) is 5.11. The quantitative estimate of drug-likeness (QED) is 0.412. The van der Waals surface area contributed by atoms with Crippen molar-refractivity contribution in [3.05, 3.63) is 78.3 Å². The van der Waals surface area contributed by atoms with Crippen molar-refractivity contribution in [1.82, 2.24) is 9.32 Å². The predicted octanol–water partition coefficient (Wildman–Crippen LogP) is 5.33. The molecule has 0 amide bonds. The van der Waals surface area contributed by atoms with Gasteiger partial charge in [0.05, 0.1) is 11.0 Å². The molecule has 2 nitrogen and oxygen atoms in total. The fourth-order valence-electron chi connectivity index (χ4n) is 3.93. The Morgan fingerprint density at radius 1 is 1.08 bits per heavy atom. The summed E-state index contributed by atoms with van der Waals surface area (Å²) in [4.78, 5) is 4.89. The minimum Gasteiger partial charge on any atom is -0.350 e. The maximum absolute atomic E-state index is 4.89. The molecule has 0 bridgehead atoms. The van der Waals surface area contributed by atoms with Crippen LogP contribution < -0.4 is 0 Å². The molecule has 0 saturated heterocycles. The van der Waals surface area contributed by atoms with Crippen molar-refractivity contribution in [3.63, 3.8) is 0 Å². The number of hydrogen-bond acceptors (Lipinski definition) is 1. The van der Waals surface area contributed by atoms with Crippen molar-refractivity contribution in [2.24, 2.45) is 0 Å². The van der Waals surface area contributed by atoms with Crippen LogP contribution in [0.1, 0.15) is 48.6 Å². The van der Waals surface area contributed by atoms with E-state index in [1.807, 2.05) is 0 Å². The summed E-state index contributed by atoms with van der Waals surface area (Å²) in [6.45, 7) is 4.08. The maximum Gasteiger partial charge on any atom is 0.115 e. The number of rotatable bonds is 3. The Hall–Kier alpha value is -0.686. The van der Waals surface area contributed by atoms with Crippen LogP contribution in [0.4, 0.5) is 0 Å². The monoisotopic (exact) mass is 423 g/mol. The summed E-state index contributed by atoms with van der Waals surface area (Å²) in [7, 11) is 2.85. The first kappa shape index (κ1) is 19.1.